The molecule has 0 saturated heterocycles. The van der Waals surface area contributed by atoms with Crippen LogP contribution in [-0.2, 0) is 0 Å². The average molecular weight is 245 g/mol. The first-order chi connectivity index (χ1) is 8.22. The quantitative estimate of drug-likeness (QED) is 0.653. The molecule has 0 fully saturated rings. The second-order valence-corrected chi connectivity index (χ2v) is 4.20. The SMILES string of the molecule is Cc1nc2nc(-c3cccc(Cl)c3)ccc2o1. The van der Waals surface area contributed by atoms with Gasteiger partial charge in [0.1, 0.15) is 0 Å². The number of nitrogens with zero attached hydrogens (tertiary/aromatic N) is 2. The highest BCUT2D eigenvalue weighted by molar-refractivity contribution is 6.30. The first-order valence-electron chi connectivity index (χ1n) is 5.22. The lowest BCUT2D eigenvalue weighted by molar-refractivity contribution is 0.561. The van der Waals surface area contributed by atoms with Crippen molar-refractivity contribution in [3.8, 4) is 11.3 Å². The van der Waals surface area contributed by atoms with Gasteiger partial charge in [0.25, 0.3) is 0 Å². The lowest BCUT2D eigenvalue weighted by Crippen LogP contribution is -1.84. The summed E-state index contributed by atoms with van der Waals surface area (Å²) in [6, 6.07) is 11.4. The summed E-state index contributed by atoms with van der Waals surface area (Å²) < 4.78 is 5.38. The zero-order valence-corrected chi connectivity index (χ0v) is 9.90. The number of aromatic nitrogens is 2. The van der Waals surface area contributed by atoms with E-state index in [-0.39, 0.29) is 0 Å². The molecule has 0 unspecified atom stereocenters. The maximum absolute atomic E-state index is 5.96. The topological polar surface area (TPSA) is 38.9 Å². The number of pyridine rings is 1. The summed E-state index contributed by atoms with van der Waals surface area (Å²) in [6.45, 7) is 1.81. The molecule has 4 heteroatoms. The van der Waals surface area contributed by atoms with E-state index in [2.05, 4.69) is 9.97 Å². The lowest BCUT2D eigenvalue weighted by atomic mass is 10.1. The van der Waals surface area contributed by atoms with Gasteiger partial charge < -0.3 is 4.42 Å². The average Bonchev–Trinajstić information content (AvgIpc) is 2.68. The number of fused-ring (bicyclic) bond motifs is 1. The van der Waals surface area contributed by atoms with Crippen molar-refractivity contribution in [3.63, 3.8) is 0 Å². The molecule has 0 aliphatic rings. The van der Waals surface area contributed by atoms with E-state index in [1.165, 1.54) is 0 Å². The minimum absolute atomic E-state index is 0.621. The number of rotatable bonds is 1. The van der Waals surface area contributed by atoms with E-state index in [1.54, 1.807) is 6.92 Å². The van der Waals surface area contributed by atoms with E-state index < -0.39 is 0 Å². The Morgan fingerprint density at radius 3 is 2.82 bits per heavy atom. The van der Waals surface area contributed by atoms with Crippen molar-refractivity contribution in [1.29, 1.82) is 0 Å². The largest absolute Gasteiger partial charge is 0.439 e. The summed E-state index contributed by atoms with van der Waals surface area (Å²) >= 11 is 5.96. The van der Waals surface area contributed by atoms with Gasteiger partial charge in [-0.15, -0.1) is 0 Å². The number of hydrogen-bond acceptors (Lipinski definition) is 3. The third-order valence-corrected chi connectivity index (χ3v) is 2.72. The Bertz CT molecular complexity index is 691. The lowest BCUT2D eigenvalue weighted by Gasteiger charge is -2.00. The molecular weight excluding hydrogens is 236 g/mol. The molecule has 0 spiro atoms. The molecule has 0 radical (unpaired) electrons. The standard InChI is InChI=1S/C13H9ClN2O/c1-8-15-13-12(17-8)6-5-11(16-13)9-3-2-4-10(14)7-9/h2-7H,1H3. The molecule has 0 N–H and O–H groups in total. The van der Waals surface area contributed by atoms with Crippen molar-refractivity contribution in [2.45, 2.75) is 6.92 Å². The highest BCUT2D eigenvalue weighted by Crippen LogP contribution is 2.23. The molecule has 2 aromatic heterocycles. The van der Waals surface area contributed by atoms with Crippen LogP contribution in [0.4, 0.5) is 0 Å². The normalized spacial score (nSPS) is 10.9. The number of halogens is 1. The smallest absolute Gasteiger partial charge is 0.199 e. The Morgan fingerprint density at radius 2 is 2.00 bits per heavy atom. The van der Waals surface area contributed by atoms with E-state index in [1.807, 2.05) is 36.4 Å². The molecule has 1 aromatic carbocycles. The van der Waals surface area contributed by atoms with Crippen LogP contribution < -0.4 is 0 Å². The number of oxazole rings is 1. The Hall–Kier alpha value is -1.87. The molecule has 0 saturated carbocycles. The van der Waals surface area contributed by atoms with E-state index in [0.717, 1.165) is 11.3 Å². The molecule has 0 atom stereocenters. The molecule has 0 bridgehead atoms. The van der Waals surface area contributed by atoms with Gasteiger partial charge in [-0.05, 0) is 24.3 Å². The second-order valence-electron chi connectivity index (χ2n) is 3.76. The van der Waals surface area contributed by atoms with Crippen LogP contribution in [0.15, 0.2) is 40.8 Å². The van der Waals surface area contributed by atoms with Crippen molar-refractivity contribution in [2.24, 2.45) is 0 Å². The predicted octanol–water partition coefficient (Wildman–Crippen LogP) is 3.85. The van der Waals surface area contributed by atoms with Crippen LogP contribution in [0.1, 0.15) is 5.89 Å². The number of benzene rings is 1. The second kappa shape index (κ2) is 3.86. The molecule has 0 aliphatic carbocycles. The van der Waals surface area contributed by atoms with Gasteiger partial charge >= 0.3 is 0 Å². The molecule has 17 heavy (non-hydrogen) atoms. The Balaban J connectivity index is 2.17. The molecule has 2 heterocycles. The fraction of sp³-hybridized carbons (Fsp3) is 0.0769. The number of hydrogen-bond donors (Lipinski definition) is 0. The van der Waals surface area contributed by atoms with E-state index >= 15 is 0 Å². The molecule has 0 amide bonds. The Morgan fingerprint density at radius 1 is 1.12 bits per heavy atom. The molecule has 3 nitrogen and oxygen atoms in total. The zero-order valence-electron chi connectivity index (χ0n) is 9.14. The van der Waals surface area contributed by atoms with Gasteiger partial charge in [0.15, 0.2) is 17.1 Å². The first-order valence-corrected chi connectivity index (χ1v) is 5.60. The van der Waals surface area contributed by atoms with Gasteiger partial charge in [-0.25, -0.2) is 4.98 Å². The van der Waals surface area contributed by atoms with Gasteiger partial charge in [0.05, 0.1) is 5.69 Å². The van der Waals surface area contributed by atoms with Gasteiger partial charge in [0, 0.05) is 17.5 Å². The molecule has 0 aliphatic heterocycles. The van der Waals surface area contributed by atoms with Crippen LogP contribution in [0.2, 0.25) is 5.02 Å². The monoisotopic (exact) mass is 244 g/mol. The van der Waals surface area contributed by atoms with Crippen molar-refractivity contribution in [3.05, 3.63) is 47.3 Å². The summed E-state index contributed by atoms with van der Waals surface area (Å²) in [5.41, 5.74) is 3.14. The van der Waals surface area contributed by atoms with Crippen molar-refractivity contribution < 1.29 is 4.42 Å². The molecule has 3 rings (SSSR count). The highest BCUT2D eigenvalue weighted by Gasteiger charge is 2.06. The van der Waals surface area contributed by atoms with Gasteiger partial charge in [-0.2, -0.15) is 4.98 Å². The molecule has 84 valence electrons. The Kier molecular flexibility index (Phi) is 2.34. The predicted molar refractivity (Wildman–Crippen MR) is 67.0 cm³/mol. The van der Waals surface area contributed by atoms with Crippen LogP contribution in [0.25, 0.3) is 22.5 Å². The molecular formula is C13H9ClN2O. The van der Waals surface area contributed by atoms with E-state index in [0.29, 0.717) is 22.1 Å². The van der Waals surface area contributed by atoms with Gasteiger partial charge in [-0.3, -0.25) is 0 Å². The fourth-order valence-corrected chi connectivity index (χ4v) is 1.93. The van der Waals surface area contributed by atoms with Crippen LogP contribution in [0.5, 0.6) is 0 Å². The third-order valence-electron chi connectivity index (χ3n) is 2.48. The summed E-state index contributed by atoms with van der Waals surface area (Å²) in [5, 5.41) is 0.695. The third kappa shape index (κ3) is 1.89. The van der Waals surface area contributed by atoms with Crippen LogP contribution in [-0.4, -0.2) is 9.97 Å². The summed E-state index contributed by atoms with van der Waals surface area (Å²) in [6.07, 6.45) is 0. The highest BCUT2D eigenvalue weighted by atomic mass is 35.5. The van der Waals surface area contributed by atoms with Crippen molar-refractivity contribution >= 4 is 22.8 Å². The summed E-state index contributed by atoms with van der Waals surface area (Å²) in [5.74, 6) is 0.621. The van der Waals surface area contributed by atoms with Crippen LogP contribution in [0, 0.1) is 6.92 Å². The minimum atomic E-state index is 0.621. The summed E-state index contributed by atoms with van der Waals surface area (Å²) in [7, 11) is 0. The van der Waals surface area contributed by atoms with Crippen molar-refractivity contribution in [2.75, 3.05) is 0 Å². The van der Waals surface area contributed by atoms with Crippen LogP contribution >= 0.6 is 11.6 Å². The fourth-order valence-electron chi connectivity index (χ4n) is 1.74. The van der Waals surface area contributed by atoms with E-state index in [4.69, 9.17) is 16.0 Å². The first kappa shape index (κ1) is 10.3. The van der Waals surface area contributed by atoms with E-state index in [9.17, 15) is 0 Å². The summed E-state index contributed by atoms with van der Waals surface area (Å²) in [4.78, 5) is 8.65. The zero-order chi connectivity index (χ0) is 11.8. The van der Waals surface area contributed by atoms with Gasteiger partial charge in [0.2, 0.25) is 0 Å². The minimum Gasteiger partial charge on any atom is -0.439 e. The van der Waals surface area contributed by atoms with Crippen molar-refractivity contribution in [1.82, 2.24) is 9.97 Å². The van der Waals surface area contributed by atoms with Gasteiger partial charge in [-0.1, -0.05) is 23.7 Å². The maximum Gasteiger partial charge on any atom is 0.199 e. The molecule has 3 aromatic rings. The number of aryl methyl sites for hydroxylation is 1. The Labute approximate surface area is 103 Å². The maximum atomic E-state index is 5.96. The van der Waals surface area contributed by atoms with Crippen LogP contribution in [0.3, 0.4) is 0 Å².